The number of aliphatic hydroxyl groups is 2. The van der Waals surface area contributed by atoms with Gasteiger partial charge in [0.1, 0.15) is 0 Å². The Kier molecular flexibility index (Phi) is 11.8. The average Bonchev–Trinajstić information content (AvgIpc) is 3.05. The third kappa shape index (κ3) is 8.65. The van der Waals surface area contributed by atoms with Crippen LogP contribution < -0.4 is 0 Å². The number of hydrogen-bond acceptors (Lipinski definition) is 4. The van der Waals surface area contributed by atoms with E-state index in [2.05, 4.69) is 13.0 Å². The molecule has 1 fully saturated rings. The molecule has 0 spiro atoms. The summed E-state index contributed by atoms with van der Waals surface area (Å²) in [6, 6.07) is 0. The Hall–Kier alpha value is -0.910. The lowest BCUT2D eigenvalue weighted by atomic mass is 9.89. The SMILES string of the molecule is CCCCCC(O)C=C[C@H]1CCC[C@@H]1CCCCC(O)C(OC)C(=O)O. The summed E-state index contributed by atoms with van der Waals surface area (Å²) in [6.07, 6.45) is 13.1. The van der Waals surface area contributed by atoms with Crippen LogP contribution in [0.4, 0.5) is 0 Å². The molecule has 0 aromatic rings. The fraction of sp³-hybridized carbons (Fsp3) is 0.857. The van der Waals surface area contributed by atoms with E-state index in [9.17, 15) is 15.0 Å². The minimum Gasteiger partial charge on any atom is -0.479 e. The van der Waals surface area contributed by atoms with Crippen LogP contribution >= 0.6 is 0 Å². The van der Waals surface area contributed by atoms with Crippen molar-refractivity contribution in [3.8, 4) is 0 Å². The van der Waals surface area contributed by atoms with Crippen molar-refractivity contribution in [2.45, 2.75) is 95.9 Å². The Morgan fingerprint density at radius 1 is 1.15 bits per heavy atom. The summed E-state index contributed by atoms with van der Waals surface area (Å²) in [4.78, 5) is 11.0. The smallest absolute Gasteiger partial charge is 0.335 e. The predicted octanol–water partition coefficient (Wildman–Crippen LogP) is 3.92. The fourth-order valence-electron chi connectivity index (χ4n) is 3.98. The van der Waals surface area contributed by atoms with Crippen molar-refractivity contribution in [3.05, 3.63) is 12.2 Å². The van der Waals surface area contributed by atoms with Gasteiger partial charge < -0.3 is 20.1 Å². The minimum absolute atomic E-state index is 0.319. The third-order valence-corrected chi connectivity index (χ3v) is 5.57. The first kappa shape index (κ1) is 23.1. The number of ether oxygens (including phenoxy) is 1. The van der Waals surface area contributed by atoms with Crippen LogP contribution in [-0.2, 0) is 9.53 Å². The number of hydrogen-bond donors (Lipinski definition) is 3. The molecular formula is C21H38O5. The minimum atomic E-state index is -1.13. The normalized spacial score (nSPS) is 24.0. The van der Waals surface area contributed by atoms with Crippen LogP contribution in [0, 0.1) is 11.8 Å². The number of rotatable bonds is 14. The molecule has 3 unspecified atom stereocenters. The van der Waals surface area contributed by atoms with Gasteiger partial charge in [-0.25, -0.2) is 4.79 Å². The highest BCUT2D eigenvalue weighted by atomic mass is 16.5. The summed E-state index contributed by atoms with van der Waals surface area (Å²) >= 11 is 0. The van der Waals surface area contributed by atoms with Crippen LogP contribution in [0.1, 0.15) is 77.6 Å². The highest BCUT2D eigenvalue weighted by molar-refractivity contribution is 5.73. The van der Waals surface area contributed by atoms with E-state index < -0.39 is 18.2 Å². The molecule has 5 nitrogen and oxygen atoms in total. The van der Waals surface area contributed by atoms with Gasteiger partial charge in [0.25, 0.3) is 0 Å². The second kappa shape index (κ2) is 13.3. The van der Waals surface area contributed by atoms with E-state index in [-0.39, 0.29) is 6.10 Å². The number of methoxy groups -OCH3 is 1. The lowest BCUT2D eigenvalue weighted by Crippen LogP contribution is -2.35. The summed E-state index contributed by atoms with van der Waals surface area (Å²) < 4.78 is 4.83. The number of carbonyl (C=O) groups is 1. The number of aliphatic hydroxyl groups excluding tert-OH is 2. The molecule has 0 amide bonds. The van der Waals surface area contributed by atoms with Crippen LogP contribution in [0.2, 0.25) is 0 Å². The van der Waals surface area contributed by atoms with Gasteiger partial charge in [0.15, 0.2) is 6.10 Å². The van der Waals surface area contributed by atoms with E-state index in [4.69, 9.17) is 9.84 Å². The number of allylic oxidation sites excluding steroid dienone is 1. The van der Waals surface area contributed by atoms with Gasteiger partial charge in [-0.05, 0) is 43.9 Å². The molecule has 0 heterocycles. The number of carboxylic acid groups (broad SMARTS) is 1. The van der Waals surface area contributed by atoms with Gasteiger partial charge in [-0.3, -0.25) is 0 Å². The molecule has 5 heteroatoms. The number of aliphatic carboxylic acids is 1. The maximum absolute atomic E-state index is 11.0. The van der Waals surface area contributed by atoms with Crippen molar-refractivity contribution in [2.24, 2.45) is 11.8 Å². The second-order valence-electron chi connectivity index (χ2n) is 7.65. The van der Waals surface area contributed by atoms with Crippen molar-refractivity contribution < 1.29 is 24.9 Å². The Morgan fingerprint density at radius 3 is 2.54 bits per heavy atom. The van der Waals surface area contributed by atoms with Crippen molar-refractivity contribution in [2.75, 3.05) is 7.11 Å². The van der Waals surface area contributed by atoms with E-state index >= 15 is 0 Å². The van der Waals surface area contributed by atoms with Gasteiger partial charge in [-0.1, -0.05) is 57.6 Å². The van der Waals surface area contributed by atoms with Crippen LogP contribution in [0.5, 0.6) is 0 Å². The molecule has 1 aliphatic rings. The van der Waals surface area contributed by atoms with Crippen LogP contribution in [0.25, 0.3) is 0 Å². The van der Waals surface area contributed by atoms with Gasteiger partial charge in [0.2, 0.25) is 0 Å². The molecule has 0 radical (unpaired) electrons. The summed E-state index contributed by atoms with van der Waals surface area (Å²) in [5.41, 5.74) is 0. The molecule has 1 rings (SSSR count). The summed E-state index contributed by atoms with van der Waals surface area (Å²) in [6.45, 7) is 2.17. The van der Waals surface area contributed by atoms with Gasteiger partial charge >= 0.3 is 5.97 Å². The zero-order valence-corrected chi connectivity index (χ0v) is 16.5. The predicted molar refractivity (Wildman–Crippen MR) is 103 cm³/mol. The third-order valence-electron chi connectivity index (χ3n) is 5.57. The molecule has 0 aliphatic heterocycles. The second-order valence-corrected chi connectivity index (χ2v) is 7.65. The molecule has 0 saturated heterocycles. The lowest BCUT2D eigenvalue weighted by Gasteiger charge is -2.19. The lowest BCUT2D eigenvalue weighted by molar-refractivity contribution is -0.155. The standard InChI is InChI=1S/C21H38O5/c1-3-4-5-12-18(22)15-14-17-11-8-10-16(17)9-6-7-13-19(23)20(26-2)21(24)25/h14-20,22-23H,3-13H2,1-2H3,(H,24,25)/t16-,17+,18?,19?,20?/m0/s1. The van der Waals surface area contributed by atoms with E-state index in [1.54, 1.807) is 0 Å². The van der Waals surface area contributed by atoms with E-state index in [1.165, 1.54) is 39.2 Å². The Morgan fingerprint density at radius 2 is 1.88 bits per heavy atom. The van der Waals surface area contributed by atoms with Gasteiger partial charge in [0, 0.05) is 7.11 Å². The molecule has 0 aromatic carbocycles. The monoisotopic (exact) mass is 370 g/mol. The van der Waals surface area contributed by atoms with Crippen molar-refractivity contribution in [3.63, 3.8) is 0 Å². The van der Waals surface area contributed by atoms with Gasteiger partial charge in [-0.15, -0.1) is 0 Å². The highest BCUT2D eigenvalue weighted by Gasteiger charge is 2.27. The van der Waals surface area contributed by atoms with E-state index in [1.807, 2.05) is 6.08 Å². The quantitative estimate of drug-likeness (QED) is 0.319. The first-order chi connectivity index (χ1) is 12.5. The summed E-state index contributed by atoms with van der Waals surface area (Å²) in [5, 5.41) is 28.9. The molecule has 3 N–H and O–H groups in total. The van der Waals surface area contributed by atoms with Crippen LogP contribution in [-0.4, -0.2) is 46.7 Å². The van der Waals surface area contributed by atoms with E-state index in [0.717, 1.165) is 32.1 Å². The zero-order valence-electron chi connectivity index (χ0n) is 16.5. The largest absolute Gasteiger partial charge is 0.479 e. The molecule has 0 aromatic heterocycles. The first-order valence-corrected chi connectivity index (χ1v) is 10.3. The average molecular weight is 371 g/mol. The molecule has 152 valence electrons. The molecule has 26 heavy (non-hydrogen) atoms. The highest BCUT2D eigenvalue weighted by Crippen LogP contribution is 2.36. The molecule has 0 bridgehead atoms. The van der Waals surface area contributed by atoms with Crippen LogP contribution in [0.3, 0.4) is 0 Å². The maximum atomic E-state index is 11.0. The first-order valence-electron chi connectivity index (χ1n) is 10.3. The molecule has 1 saturated carbocycles. The van der Waals surface area contributed by atoms with Crippen molar-refractivity contribution in [1.29, 1.82) is 0 Å². The molecular weight excluding hydrogens is 332 g/mol. The topological polar surface area (TPSA) is 87.0 Å². The fourth-order valence-corrected chi connectivity index (χ4v) is 3.98. The van der Waals surface area contributed by atoms with Gasteiger partial charge in [-0.2, -0.15) is 0 Å². The molecule has 1 aliphatic carbocycles. The van der Waals surface area contributed by atoms with Crippen LogP contribution in [0.15, 0.2) is 12.2 Å². The van der Waals surface area contributed by atoms with E-state index in [0.29, 0.717) is 18.3 Å². The van der Waals surface area contributed by atoms with Gasteiger partial charge in [0.05, 0.1) is 12.2 Å². The Labute approximate surface area is 158 Å². The molecule has 5 atom stereocenters. The summed E-state index contributed by atoms with van der Waals surface area (Å²) in [5.74, 6) is 0.0777. The summed E-state index contributed by atoms with van der Waals surface area (Å²) in [7, 11) is 1.31. The Balaban J connectivity index is 2.28. The van der Waals surface area contributed by atoms with Crippen molar-refractivity contribution >= 4 is 5.97 Å². The Bertz CT molecular complexity index is 409. The van der Waals surface area contributed by atoms with Crippen molar-refractivity contribution in [1.82, 2.24) is 0 Å². The number of unbranched alkanes of at least 4 members (excludes halogenated alkanes) is 3. The maximum Gasteiger partial charge on any atom is 0.335 e. The zero-order chi connectivity index (χ0) is 19.4. The number of carboxylic acids is 1.